The maximum absolute atomic E-state index is 13.0. The van der Waals surface area contributed by atoms with Gasteiger partial charge in [-0.3, -0.25) is 9.59 Å². The van der Waals surface area contributed by atoms with Crippen molar-refractivity contribution in [3.63, 3.8) is 0 Å². The number of hydrogen-bond donors (Lipinski definition) is 1. The molecule has 1 fully saturated rings. The molecular weight excluding hydrogens is 470 g/mol. The highest BCUT2D eigenvalue weighted by Gasteiger charge is 2.49. The zero-order valence-corrected chi connectivity index (χ0v) is 20.9. The average Bonchev–Trinajstić information content (AvgIpc) is 2.85. The molecule has 0 spiro atoms. The number of carbonyl (C=O) groups is 3. The van der Waals surface area contributed by atoms with Crippen LogP contribution in [0.1, 0.15) is 36.7 Å². The second-order valence-electron chi connectivity index (χ2n) is 8.02. The van der Waals surface area contributed by atoms with Gasteiger partial charge in [0.2, 0.25) is 5.91 Å². The van der Waals surface area contributed by atoms with Gasteiger partial charge in [0.25, 0.3) is 0 Å². The van der Waals surface area contributed by atoms with Crippen molar-refractivity contribution in [1.29, 1.82) is 0 Å². The smallest absolute Gasteiger partial charge is 0.338 e. The number of thioether (sulfide) groups is 1. The first-order valence-electron chi connectivity index (χ1n) is 11.5. The van der Waals surface area contributed by atoms with Gasteiger partial charge in [0.15, 0.2) is 6.10 Å². The van der Waals surface area contributed by atoms with E-state index in [1.54, 1.807) is 24.3 Å². The summed E-state index contributed by atoms with van der Waals surface area (Å²) < 4.78 is 23.7. The van der Waals surface area contributed by atoms with Gasteiger partial charge in [-0.25, -0.2) is 4.79 Å². The minimum atomic E-state index is -0.832. The van der Waals surface area contributed by atoms with E-state index in [9.17, 15) is 14.4 Å². The van der Waals surface area contributed by atoms with Crippen LogP contribution in [0.15, 0.2) is 60.7 Å². The van der Waals surface area contributed by atoms with Crippen LogP contribution in [0.5, 0.6) is 0 Å². The molecule has 0 radical (unpaired) electrons. The van der Waals surface area contributed by atoms with E-state index in [1.807, 2.05) is 43.3 Å². The number of ether oxygens (including phenoxy) is 4. The van der Waals surface area contributed by atoms with Crippen LogP contribution in [-0.2, 0) is 35.1 Å². The molecule has 0 unspecified atom stereocenters. The monoisotopic (exact) mass is 501 g/mol. The largest absolute Gasteiger partial charge is 0.463 e. The van der Waals surface area contributed by atoms with Crippen molar-refractivity contribution < 1.29 is 33.3 Å². The molecule has 1 saturated heterocycles. The molecular formula is C26H31NO7S. The first kappa shape index (κ1) is 26.7. The summed E-state index contributed by atoms with van der Waals surface area (Å²) in [5, 5.41) is 2.87. The Morgan fingerprint density at radius 3 is 2.23 bits per heavy atom. The van der Waals surface area contributed by atoms with Crippen molar-refractivity contribution in [1.82, 2.24) is 5.32 Å². The maximum Gasteiger partial charge on any atom is 0.338 e. The summed E-state index contributed by atoms with van der Waals surface area (Å²) in [6, 6.07) is 17.5. The summed E-state index contributed by atoms with van der Waals surface area (Å²) in [6.07, 6.45) is -2.29. The summed E-state index contributed by atoms with van der Waals surface area (Å²) in [7, 11) is 0. The number of benzene rings is 2. The first-order valence-corrected chi connectivity index (χ1v) is 12.5. The van der Waals surface area contributed by atoms with Crippen molar-refractivity contribution in [3.05, 3.63) is 71.8 Å². The number of nitrogens with one attached hydrogen (secondary N) is 1. The lowest BCUT2D eigenvalue weighted by molar-refractivity contribution is -0.191. The second kappa shape index (κ2) is 13.3. The summed E-state index contributed by atoms with van der Waals surface area (Å²) in [5.41, 5.74) is 0.719. The first-order chi connectivity index (χ1) is 16.9. The van der Waals surface area contributed by atoms with E-state index in [0.717, 1.165) is 5.56 Å². The second-order valence-corrected chi connectivity index (χ2v) is 9.40. The molecule has 1 aliphatic heterocycles. The van der Waals surface area contributed by atoms with E-state index in [1.165, 1.54) is 25.6 Å². The van der Waals surface area contributed by atoms with Gasteiger partial charge < -0.3 is 24.3 Å². The van der Waals surface area contributed by atoms with Crippen LogP contribution in [0.25, 0.3) is 0 Å². The van der Waals surface area contributed by atoms with E-state index in [0.29, 0.717) is 11.3 Å². The molecule has 1 heterocycles. The van der Waals surface area contributed by atoms with Gasteiger partial charge in [-0.15, -0.1) is 11.8 Å². The van der Waals surface area contributed by atoms with E-state index in [2.05, 4.69) is 5.32 Å². The predicted molar refractivity (Wildman–Crippen MR) is 132 cm³/mol. The third-order valence-electron chi connectivity index (χ3n) is 5.35. The third-order valence-corrected chi connectivity index (χ3v) is 6.39. The predicted octanol–water partition coefficient (Wildman–Crippen LogP) is 3.34. The Hall–Kier alpha value is -2.88. The van der Waals surface area contributed by atoms with Crippen LogP contribution in [-0.4, -0.2) is 60.0 Å². The molecule has 1 N–H and O–H groups in total. The van der Waals surface area contributed by atoms with Crippen LogP contribution < -0.4 is 5.32 Å². The molecule has 188 valence electrons. The van der Waals surface area contributed by atoms with Gasteiger partial charge in [0, 0.05) is 13.8 Å². The normalized spacial score (nSPS) is 23.8. The van der Waals surface area contributed by atoms with Gasteiger partial charge in [0.05, 0.1) is 18.2 Å². The fourth-order valence-corrected chi connectivity index (χ4v) is 4.76. The van der Waals surface area contributed by atoms with E-state index >= 15 is 0 Å². The number of rotatable bonds is 10. The Kier molecular flexibility index (Phi) is 10.1. The van der Waals surface area contributed by atoms with Crippen molar-refractivity contribution in [2.75, 3.05) is 12.4 Å². The quantitative estimate of drug-likeness (QED) is 0.495. The molecule has 0 saturated carbocycles. The lowest BCUT2D eigenvalue weighted by Gasteiger charge is -2.45. The Labute approximate surface area is 209 Å². The van der Waals surface area contributed by atoms with Crippen LogP contribution in [0, 0.1) is 0 Å². The summed E-state index contributed by atoms with van der Waals surface area (Å²) in [5.74, 6) is -0.612. The lowest BCUT2D eigenvalue weighted by Crippen LogP contribution is -2.65. The van der Waals surface area contributed by atoms with Crippen LogP contribution in [0.4, 0.5) is 0 Å². The summed E-state index contributed by atoms with van der Waals surface area (Å²) in [6.45, 7) is 4.80. The molecule has 0 aliphatic carbocycles. The molecule has 0 bridgehead atoms. The molecule has 1 amide bonds. The molecule has 3 rings (SSSR count). The third kappa shape index (κ3) is 7.81. The minimum absolute atomic E-state index is 0.0778. The SMILES string of the molecule is CCS[C@@H]1O[C@H](COC(C)=O)[C@H](NC(C)=O)[C@H](OCc2ccccc2)[C@H]1OC(=O)c1ccccc1. The number of carbonyl (C=O) groups excluding carboxylic acids is 3. The van der Waals surface area contributed by atoms with E-state index in [-0.39, 0.29) is 19.1 Å². The maximum atomic E-state index is 13.0. The Bertz CT molecular complexity index is 972. The van der Waals surface area contributed by atoms with Crippen molar-refractivity contribution in [2.45, 2.75) is 57.2 Å². The molecule has 2 aromatic carbocycles. The van der Waals surface area contributed by atoms with Gasteiger partial charge in [0.1, 0.15) is 24.3 Å². The summed E-state index contributed by atoms with van der Waals surface area (Å²) in [4.78, 5) is 36.6. The van der Waals surface area contributed by atoms with Gasteiger partial charge >= 0.3 is 11.9 Å². The van der Waals surface area contributed by atoms with Crippen LogP contribution in [0.2, 0.25) is 0 Å². The van der Waals surface area contributed by atoms with Crippen LogP contribution >= 0.6 is 11.8 Å². The van der Waals surface area contributed by atoms with Crippen molar-refractivity contribution in [3.8, 4) is 0 Å². The fourth-order valence-electron chi connectivity index (χ4n) is 3.81. The fraction of sp³-hybridized carbons (Fsp3) is 0.423. The highest BCUT2D eigenvalue weighted by Crippen LogP contribution is 2.33. The molecule has 5 atom stereocenters. The standard InChI is InChI=1S/C26H31NO7S/c1-4-35-26-24(34-25(30)20-13-9-6-10-14-20)23(32-15-19-11-7-5-8-12-19)22(27-17(2)28)21(33-26)16-31-18(3)29/h5-14,21-24,26H,4,15-16H2,1-3H3,(H,27,28)/t21-,22+,23+,24-,26+/m1/s1. The summed E-state index contributed by atoms with van der Waals surface area (Å²) >= 11 is 1.45. The van der Waals surface area contributed by atoms with E-state index < -0.39 is 41.7 Å². The molecule has 9 heteroatoms. The van der Waals surface area contributed by atoms with E-state index in [4.69, 9.17) is 18.9 Å². The van der Waals surface area contributed by atoms with Gasteiger partial charge in [-0.2, -0.15) is 0 Å². The molecule has 35 heavy (non-hydrogen) atoms. The molecule has 1 aliphatic rings. The number of amides is 1. The number of esters is 2. The molecule has 0 aromatic heterocycles. The molecule has 2 aromatic rings. The van der Waals surface area contributed by atoms with Crippen LogP contribution in [0.3, 0.4) is 0 Å². The highest BCUT2D eigenvalue weighted by molar-refractivity contribution is 7.99. The van der Waals surface area contributed by atoms with Gasteiger partial charge in [-0.05, 0) is 23.4 Å². The van der Waals surface area contributed by atoms with Crippen molar-refractivity contribution >= 4 is 29.6 Å². The average molecular weight is 502 g/mol. The Morgan fingerprint density at radius 1 is 0.971 bits per heavy atom. The zero-order valence-electron chi connectivity index (χ0n) is 20.0. The molecule has 8 nitrogen and oxygen atoms in total. The minimum Gasteiger partial charge on any atom is -0.463 e. The highest BCUT2D eigenvalue weighted by atomic mass is 32.2. The lowest BCUT2D eigenvalue weighted by atomic mass is 9.96. The van der Waals surface area contributed by atoms with Gasteiger partial charge in [-0.1, -0.05) is 55.5 Å². The number of hydrogen-bond acceptors (Lipinski definition) is 8. The topological polar surface area (TPSA) is 100 Å². The zero-order chi connectivity index (χ0) is 25.2. The van der Waals surface area contributed by atoms with Crippen molar-refractivity contribution in [2.24, 2.45) is 0 Å². The Morgan fingerprint density at radius 2 is 1.63 bits per heavy atom. The Balaban J connectivity index is 1.94.